The minimum atomic E-state index is -0.0225. The van der Waals surface area contributed by atoms with Crippen LogP contribution in [0, 0.1) is 17.7 Å². The van der Waals surface area contributed by atoms with Crippen molar-refractivity contribution in [3.63, 3.8) is 0 Å². The summed E-state index contributed by atoms with van der Waals surface area (Å²) in [4.78, 5) is 11.6. The third kappa shape index (κ3) is 6.63. The summed E-state index contributed by atoms with van der Waals surface area (Å²) in [6, 6.07) is 3.30. The van der Waals surface area contributed by atoms with E-state index in [0.29, 0.717) is 23.4 Å². The molecule has 0 saturated carbocycles. The summed E-state index contributed by atoms with van der Waals surface area (Å²) in [5.41, 5.74) is 7.68. The standard InChI is InChI=1S/C13H20N2O2.C6H6N2/c1-3-4-5-6-12(16)15-11-8-7-10(14)13(17)9(11)2;7-5-3-1-2-4-6(5)8/h7-8,17H,3-6,14H2,1-2H3,(H,15,16);1-4,7-8H. The van der Waals surface area contributed by atoms with Crippen molar-refractivity contribution in [1.82, 2.24) is 0 Å². The van der Waals surface area contributed by atoms with Crippen molar-refractivity contribution in [3.05, 3.63) is 42.0 Å². The van der Waals surface area contributed by atoms with Crippen LogP contribution >= 0.6 is 0 Å². The van der Waals surface area contributed by atoms with Crippen LogP contribution in [0.5, 0.6) is 5.75 Å². The van der Waals surface area contributed by atoms with Crippen LogP contribution in [0.4, 0.5) is 11.4 Å². The lowest BCUT2D eigenvalue weighted by atomic mass is 10.1. The fourth-order valence-corrected chi connectivity index (χ4v) is 2.09. The summed E-state index contributed by atoms with van der Waals surface area (Å²) in [6.45, 7) is 3.83. The second-order valence-electron chi connectivity index (χ2n) is 5.73. The number of nitrogens with one attached hydrogen (secondary N) is 3. The maximum atomic E-state index is 11.6. The number of aromatic hydroxyl groups is 1. The second-order valence-corrected chi connectivity index (χ2v) is 5.73. The summed E-state index contributed by atoms with van der Waals surface area (Å²) in [5.74, 6) is 0.0158. The molecule has 0 spiro atoms. The number of phenolic OH excluding ortho intramolecular Hbond substituents is 1. The molecule has 0 atom stereocenters. The molecule has 2 rings (SSSR count). The summed E-state index contributed by atoms with van der Waals surface area (Å²) >= 11 is 0. The molecule has 6 heteroatoms. The minimum Gasteiger partial charge on any atom is -0.505 e. The molecule has 0 unspecified atom stereocenters. The van der Waals surface area contributed by atoms with Crippen LogP contribution in [0.1, 0.15) is 38.2 Å². The van der Waals surface area contributed by atoms with Crippen LogP contribution in [0.2, 0.25) is 0 Å². The van der Waals surface area contributed by atoms with Gasteiger partial charge in [0.05, 0.1) is 17.1 Å². The lowest BCUT2D eigenvalue weighted by molar-refractivity contribution is -0.116. The molecule has 6 nitrogen and oxygen atoms in total. The van der Waals surface area contributed by atoms with Gasteiger partial charge in [-0.1, -0.05) is 31.9 Å². The fraction of sp³-hybridized carbons (Fsp3) is 0.316. The van der Waals surface area contributed by atoms with Gasteiger partial charge >= 0.3 is 0 Å². The van der Waals surface area contributed by atoms with E-state index in [1.807, 2.05) is 0 Å². The first-order chi connectivity index (χ1) is 11.9. The molecule has 25 heavy (non-hydrogen) atoms. The van der Waals surface area contributed by atoms with Crippen LogP contribution in [0.25, 0.3) is 0 Å². The molecular formula is C19H26N4O2. The number of phenols is 1. The van der Waals surface area contributed by atoms with Gasteiger partial charge in [-0.2, -0.15) is 0 Å². The van der Waals surface area contributed by atoms with Crippen molar-refractivity contribution in [3.8, 4) is 5.75 Å². The van der Waals surface area contributed by atoms with Crippen LogP contribution in [0.3, 0.4) is 0 Å². The predicted molar refractivity (Wildman–Crippen MR) is 104 cm³/mol. The van der Waals surface area contributed by atoms with Gasteiger partial charge in [0.15, 0.2) is 0 Å². The normalized spacial score (nSPS) is 12.6. The zero-order chi connectivity index (χ0) is 18.8. The first-order valence-corrected chi connectivity index (χ1v) is 8.27. The number of unbranched alkanes of at least 4 members (excludes halogenated alkanes) is 2. The van der Waals surface area contributed by atoms with Crippen molar-refractivity contribution in [2.24, 2.45) is 0 Å². The van der Waals surface area contributed by atoms with Gasteiger partial charge in [-0.05, 0) is 37.6 Å². The maximum absolute atomic E-state index is 11.6. The number of nitrogens with two attached hydrogens (primary N) is 1. The van der Waals surface area contributed by atoms with E-state index in [4.69, 9.17) is 16.6 Å². The van der Waals surface area contributed by atoms with Gasteiger partial charge in [-0.25, -0.2) is 0 Å². The van der Waals surface area contributed by atoms with Crippen molar-refractivity contribution >= 4 is 28.7 Å². The van der Waals surface area contributed by atoms with E-state index in [-0.39, 0.29) is 23.1 Å². The van der Waals surface area contributed by atoms with Crippen LogP contribution in [-0.4, -0.2) is 22.4 Å². The lowest BCUT2D eigenvalue weighted by Crippen LogP contribution is -2.12. The molecule has 0 aromatic heterocycles. The van der Waals surface area contributed by atoms with E-state index >= 15 is 0 Å². The number of hydrogen-bond acceptors (Lipinski definition) is 5. The Morgan fingerprint density at radius 2 is 1.76 bits per heavy atom. The number of amides is 1. The first-order valence-electron chi connectivity index (χ1n) is 8.27. The number of benzene rings is 1. The molecule has 0 fully saturated rings. The van der Waals surface area contributed by atoms with E-state index in [9.17, 15) is 9.90 Å². The molecule has 0 saturated heterocycles. The Kier molecular flexibility index (Phi) is 8.12. The highest BCUT2D eigenvalue weighted by atomic mass is 16.3. The molecule has 0 aliphatic heterocycles. The number of nitrogen functional groups attached to an aromatic ring is 1. The number of carbonyl (C=O) groups is 1. The predicted octanol–water partition coefficient (Wildman–Crippen LogP) is 3.95. The molecule has 1 amide bonds. The smallest absolute Gasteiger partial charge is 0.224 e. The van der Waals surface area contributed by atoms with E-state index in [2.05, 4.69) is 12.2 Å². The fourth-order valence-electron chi connectivity index (χ4n) is 2.09. The molecule has 1 aliphatic carbocycles. The molecule has 6 N–H and O–H groups in total. The van der Waals surface area contributed by atoms with Gasteiger partial charge in [-0.3, -0.25) is 15.6 Å². The molecule has 0 heterocycles. The van der Waals surface area contributed by atoms with Crippen molar-refractivity contribution < 1.29 is 9.90 Å². The Balaban J connectivity index is 0.000000324. The van der Waals surface area contributed by atoms with Crippen LogP contribution < -0.4 is 11.1 Å². The largest absolute Gasteiger partial charge is 0.505 e. The summed E-state index contributed by atoms with van der Waals surface area (Å²) < 4.78 is 0. The quantitative estimate of drug-likeness (QED) is 0.241. The van der Waals surface area contributed by atoms with E-state index in [1.165, 1.54) is 0 Å². The van der Waals surface area contributed by atoms with E-state index < -0.39 is 0 Å². The summed E-state index contributed by atoms with van der Waals surface area (Å²) in [5, 5.41) is 26.5. The Morgan fingerprint density at radius 3 is 2.28 bits per heavy atom. The summed E-state index contributed by atoms with van der Waals surface area (Å²) in [6.07, 6.45) is 10.3. The maximum Gasteiger partial charge on any atom is 0.224 e. The van der Waals surface area contributed by atoms with Gasteiger partial charge in [0.1, 0.15) is 5.75 Å². The van der Waals surface area contributed by atoms with Crippen LogP contribution in [-0.2, 0) is 4.79 Å². The van der Waals surface area contributed by atoms with Crippen molar-refractivity contribution in [2.45, 2.75) is 39.5 Å². The van der Waals surface area contributed by atoms with E-state index in [1.54, 1.807) is 43.4 Å². The molecule has 1 aliphatic rings. The summed E-state index contributed by atoms with van der Waals surface area (Å²) in [7, 11) is 0. The Morgan fingerprint density at radius 1 is 1.16 bits per heavy atom. The Hall–Kier alpha value is -2.89. The second kappa shape index (κ2) is 10.1. The number of rotatable bonds is 5. The highest BCUT2D eigenvalue weighted by Gasteiger charge is 2.09. The van der Waals surface area contributed by atoms with Gasteiger partial charge < -0.3 is 16.2 Å². The molecule has 1 aromatic rings. The van der Waals surface area contributed by atoms with Gasteiger partial charge in [-0.15, -0.1) is 0 Å². The zero-order valence-corrected chi connectivity index (χ0v) is 14.7. The van der Waals surface area contributed by atoms with Crippen LogP contribution in [0.15, 0.2) is 36.4 Å². The Labute approximate surface area is 148 Å². The molecular weight excluding hydrogens is 316 g/mol. The number of allylic oxidation sites excluding steroid dienone is 4. The van der Waals surface area contributed by atoms with Gasteiger partial charge in [0.2, 0.25) is 5.91 Å². The Bertz CT molecular complexity index is 684. The third-order valence-electron chi connectivity index (χ3n) is 3.67. The van der Waals surface area contributed by atoms with E-state index in [0.717, 1.165) is 19.3 Å². The molecule has 0 radical (unpaired) electrons. The van der Waals surface area contributed by atoms with Gasteiger partial charge in [0, 0.05) is 17.7 Å². The number of hydrogen-bond donors (Lipinski definition) is 5. The number of carbonyl (C=O) groups excluding carboxylic acids is 1. The number of anilines is 2. The van der Waals surface area contributed by atoms with Crippen molar-refractivity contribution in [1.29, 1.82) is 10.8 Å². The lowest BCUT2D eigenvalue weighted by Gasteiger charge is -2.11. The van der Waals surface area contributed by atoms with Crippen molar-refractivity contribution in [2.75, 3.05) is 11.1 Å². The van der Waals surface area contributed by atoms with Gasteiger partial charge in [0.25, 0.3) is 0 Å². The minimum absolute atomic E-state index is 0.0225. The third-order valence-corrected chi connectivity index (χ3v) is 3.67. The molecule has 1 aromatic carbocycles. The molecule has 0 bridgehead atoms. The highest BCUT2D eigenvalue weighted by Crippen LogP contribution is 2.30. The zero-order valence-electron chi connectivity index (χ0n) is 14.7. The SMILES string of the molecule is CCCCCC(=O)Nc1ccc(N)c(O)c1C.N=C1C=CC=CC1=N. The topological polar surface area (TPSA) is 123 Å². The molecule has 134 valence electrons. The average Bonchev–Trinajstić information content (AvgIpc) is 2.59. The average molecular weight is 342 g/mol. The first kappa shape index (κ1) is 20.2. The highest BCUT2D eigenvalue weighted by molar-refractivity contribution is 6.48. The monoisotopic (exact) mass is 342 g/mol.